The lowest BCUT2D eigenvalue weighted by molar-refractivity contribution is 0.00578. The van der Waals surface area contributed by atoms with Crippen molar-refractivity contribution in [1.29, 1.82) is 5.26 Å². The molecule has 162 valence electrons. The van der Waals surface area contributed by atoms with E-state index >= 15 is 0 Å². The number of nitriles is 1. The van der Waals surface area contributed by atoms with Crippen molar-refractivity contribution in [1.82, 2.24) is 4.90 Å². The van der Waals surface area contributed by atoms with Crippen molar-refractivity contribution in [3.05, 3.63) is 29.3 Å². The monoisotopic (exact) mass is 412 g/mol. The van der Waals surface area contributed by atoms with E-state index in [0.29, 0.717) is 18.7 Å². The van der Waals surface area contributed by atoms with Crippen LogP contribution in [0.3, 0.4) is 0 Å². The molecule has 0 aromatic heterocycles. The van der Waals surface area contributed by atoms with Gasteiger partial charge in [0.25, 0.3) is 0 Å². The van der Waals surface area contributed by atoms with E-state index in [1.54, 1.807) is 4.90 Å². The van der Waals surface area contributed by atoms with Gasteiger partial charge < -0.3 is 18.9 Å². The Morgan fingerprint density at radius 3 is 2.43 bits per heavy atom. The number of likely N-dealkylation sites (tertiary alicyclic amines) is 1. The molecule has 3 rings (SSSR count). The topological polar surface area (TPSA) is 71.8 Å². The summed E-state index contributed by atoms with van der Waals surface area (Å²) in [6, 6.07) is 8.10. The molecule has 0 N–H and O–H groups in total. The number of amides is 1. The molecular weight excluding hydrogens is 379 g/mol. The van der Waals surface area contributed by atoms with Gasteiger partial charge in [0, 0.05) is 24.5 Å². The third-order valence-corrected chi connectivity index (χ3v) is 6.25. The predicted molar refractivity (Wildman–Crippen MR) is 117 cm³/mol. The van der Waals surface area contributed by atoms with Gasteiger partial charge in [-0.2, -0.15) is 5.26 Å². The molecule has 6 nitrogen and oxygen atoms in total. The van der Waals surface area contributed by atoms with Gasteiger partial charge in [-0.1, -0.05) is 12.1 Å². The Morgan fingerprint density at radius 2 is 1.87 bits per heavy atom. The van der Waals surface area contributed by atoms with E-state index in [1.165, 1.54) is 0 Å². The molecule has 2 aliphatic heterocycles. The quantitative estimate of drug-likeness (QED) is 0.688. The molecule has 0 aliphatic carbocycles. The molecule has 2 fully saturated rings. The fourth-order valence-electron chi connectivity index (χ4n) is 3.84. The summed E-state index contributed by atoms with van der Waals surface area (Å²) in [6.45, 7) is 14.9. The maximum atomic E-state index is 12.5. The van der Waals surface area contributed by atoms with Crippen LogP contribution in [0, 0.1) is 11.3 Å². The zero-order valence-electron chi connectivity index (χ0n) is 19.2. The largest absolute Gasteiger partial charge is 0.496 e. The lowest BCUT2D eigenvalue weighted by Gasteiger charge is -2.34. The Kier molecular flexibility index (Phi) is 5.96. The maximum Gasteiger partial charge on any atom is 0.496 e. The molecule has 0 spiro atoms. The van der Waals surface area contributed by atoms with Crippen LogP contribution in [0.25, 0.3) is 0 Å². The van der Waals surface area contributed by atoms with E-state index < -0.39 is 23.9 Å². The van der Waals surface area contributed by atoms with Crippen LogP contribution < -0.4 is 5.46 Å². The Morgan fingerprint density at radius 1 is 1.23 bits per heavy atom. The van der Waals surface area contributed by atoms with Crippen LogP contribution in [0.5, 0.6) is 0 Å². The first kappa shape index (κ1) is 22.6. The zero-order valence-corrected chi connectivity index (χ0v) is 19.2. The van der Waals surface area contributed by atoms with E-state index in [-0.39, 0.29) is 12.0 Å². The maximum absolute atomic E-state index is 12.5. The van der Waals surface area contributed by atoms with Gasteiger partial charge in [0.2, 0.25) is 0 Å². The molecule has 1 aromatic carbocycles. The van der Waals surface area contributed by atoms with Crippen LogP contribution in [0.2, 0.25) is 0 Å². The van der Waals surface area contributed by atoms with Crippen LogP contribution in [-0.4, -0.2) is 48.0 Å². The lowest BCUT2D eigenvalue weighted by Crippen LogP contribution is -2.42. The second-order valence-corrected chi connectivity index (χ2v) is 10.3. The molecule has 1 amide bonds. The molecule has 0 saturated carbocycles. The summed E-state index contributed by atoms with van der Waals surface area (Å²) in [7, 11) is -0.588. The molecule has 0 radical (unpaired) electrons. The number of nitrogens with zero attached hydrogens (tertiary/aromatic N) is 2. The van der Waals surface area contributed by atoms with Gasteiger partial charge in [-0.25, -0.2) is 4.79 Å². The van der Waals surface area contributed by atoms with Gasteiger partial charge in [-0.3, -0.25) is 0 Å². The number of rotatable bonds is 2. The van der Waals surface area contributed by atoms with Crippen molar-refractivity contribution >= 4 is 18.7 Å². The summed E-state index contributed by atoms with van der Waals surface area (Å²) in [5.41, 5.74) is 0.937. The van der Waals surface area contributed by atoms with Crippen LogP contribution >= 0.6 is 0 Å². The Balaban J connectivity index is 1.83. The second kappa shape index (κ2) is 7.90. The highest BCUT2D eigenvalue weighted by Gasteiger charge is 2.52. The summed E-state index contributed by atoms with van der Waals surface area (Å²) in [5, 5.41) is 9.63. The van der Waals surface area contributed by atoms with Crippen LogP contribution in [0.4, 0.5) is 4.79 Å². The van der Waals surface area contributed by atoms with E-state index in [1.807, 2.05) is 66.7 Å². The number of hydrogen-bond donors (Lipinski definition) is 0. The van der Waals surface area contributed by atoms with E-state index in [4.69, 9.17) is 14.0 Å². The van der Waals surface area contributed by atoms with Crippen LogP contribution in [0.1, 0.15) is 78.4 Å². The molecule has 30 heavy (non-hydrogen) atoms. The summed E-state index contributed by atoms with van der Waals surface area (Å²) in [6.07, 6.45) is 1.62. The lowest BCUT2D eigenvalue weighted by atomic mass is 9.74. The smallest absolute Gasteiger partial charge is 0.444 e. The van der Waals surface area contributed by atoms with Gasteiger partial charge in [0.05, 0.1) is 22.8 Å². The van der Waals surface area contributed by atoms with E-state index in [9.17, 15) is 10.1 Å². The average Bonchev–Trinajstić information content (AvgIpc) is 2.87. The van der Waals surface area contributed by atoms with Gasteiger partial charge in [-0.05, 0) is 72.9 Å². The van der Waals surface area contributed by atoms with E-state index in [2.05, 4.69) is 6.07 Å². The molecule has 7 heteroatoms. The number of piperidine rings is 1. The highest BCUT2D eigenvalue weighted by Crippen LogP contribution is 2.37. The first-order valence-corrected chi connectivity index (χ1v) is 10.7. The number of carbonyl (C=O) groups is 1. The molecule has 2 aliphatic rings. The Bertz CT molecular complexity index is 838. The molecule has 2 heterocycles. The minimum absolute atomic E-state index is 0.181. The standard InChI is InChI=1S/C23H33BN2O4/c1-21(2,3)28-20(27)26-12-8-9-18(15-26)16-10-11-17(14-25)19(13-16)24-29-22(4,5)23(6,7)30-24/h10-11,13,18H,8-9,12,15H2,1-7H3. The number of benzene rings is 1. The van der Waals surface area contributed by atoms with Crippen LogP contribution in [-0.2, 0) is 14.0 Å². The highest BCUT2D eigenvalue weighted by atomic mass is 16.7. The first-order valence-electron chi connectivity index (χ1n) is 10.7. The molecule has 1 unspecified atom stereocenters. The molecule has 0 bridgehead atoms. The van der Waals surface area contributed by atoms with Crippen LogP contribution in [0.15, 0.2) is 18.2 Å². The Hall–Kier alpha value is -2.04. The third kappa shape index (κ3) is 4.65. The van der Waals surface area contributed by atoms with Gasteiger partial charge in [0.15, 0.2) is 0 Å². The van der Waals surface area contributed by atoms with Crippen molar-refractivity contribution in [2.45, 2.75) is 84.0 Å². The average molecular weight is 412 g/mol. The molecule has 1 aromatic rings. The third-order valence-electron chi connectivity index (χ3n) is 6.25. The summed E-state index contributed by atoms with van der Waals surface area (Å²) < 4.78 is 17.9. The normalized spacial score (nSPS) is 23.2. The fraction of sp³-hybridized carbons (Fsp3) is 0.652. The van der Waals surface area contributed by atoms with Crippen molar-refractivity contribution in [3.63, 3.8) is 0 Å². The summed E-state index contributed by atoms with van der Waals surface area (Å²) in [5.74, 6) is 0.181. The van der Waals surface area contributed by atoms with Crippen molar-refractivity contribution in [3.8, 4) is 6.07 Å². The fourth-order valence-corrected chi connectivity index (χ4v) is 3.84. The molecule has 1 atom stereocenters. The van der Waals surface area contributed by atoms with Gasteiger partial charge in [0.1, 0.15) is 5.60 Å². The molecular formula is C23H33BN2O4. The number of hydrogen-bond acceptors (Lipinski definition) is 5. The minimum atomic E-state index is -0.588. The van der Waals surface area contributed by atoms with Crippen molar-refractivity contribution < 1.29 is 18.8 Å². The summed E-state index contributed by atoms with van der Waals surface area (Å²) >= 11 is 0. The minimum Gasteiger partial charge on any atom is -0.444 e. The second-order valence-electron chi connectivity index (χ2n) is 10.3. The SMILES string of the molecule is CC(C)(C)OC(=O)N1CCCC(c2ccc(C#N)c(B3OC(C)(C)C(C)(C)O3)c2)C1. The number of ether oxygens (including phenoxy) is 1. The van der Waals surface area contributed by atoms with Crippen molar-refractivity contribution in [2.24, 2.45) is 0 Å². The Labute approximate surface area is 180 Å². The summed E-state index contributed by atoms with van der Waals surface area (Å²) in [4.78, 5) is 14.3. The highest BCUT2D eigenvalue weighted by molar-refractivity contribution is 6.62. The molecule has 2 saturated heterocycles. The number of carbonyl (C=O) groups excluding carboxylic acids is 1. The first-order chi connectivity index (χ1) is 13.8. The van der Waals surface area contributed by atoms with Crippen molar-refractivity contribution in [2.75, 3.05) is 13.1 Å². The zero-order chi connectivity index (χ0) is 22.3. The van der Waals surface area contributed by atoms with E-state index in [0.717, 1.165) is 23.9 Å². The van der Waals surface area contributed by atoms with Gasteiger partial charge >= 0.3 is 13.2 Å². The van der Waals surface area contributed by atoms with Gasteiger partial charge in [-0.15, -0.1) is 0 Å². The predicted octanol–water partition coefficient (Wildman–Crippen LogP) is 3.97.